The van der Waals surface area contributed by atoms with Gasteiger partial charge in [-0.15, -0.1) is 0 Å². The fraction of sp³-hybridized carbons (Fsp3) is 0.630. The van der Waals surface area contributed by atoms with Crippen LogP contribution in [0.5, 0.6) is 0 Å². The molecule has 0 aromatic carbocycles. The quantitative estimate of drug-likeness (QED) is 0.290. The molecule has 41 heavy (non-hydrogen) atoms. The number of carbonyl (C=O) groups excluding carboxylic acids is 3. The molecule has 2 aromatic heterocycles. The van der Waals surface area contributed by atoms with E-state index in [0.717, 1.165) is 0 Å². The summed E-state index contributed by atoms with van der Waals surface area (Å²) in [6.45, 7) is 11.7. The van der Waals surface area contributed by atoms with Crippen molar-refractivity contribution in [2.24, 2.45) is 11.8 Å². The molecule has 1 aliphatic heterocycles. The number of hydrogen-bond acceptors (Lipinski definition) is 12. The smallest absolute Gasteiger partial charge is 0.408 e. The largest absolute Gasteiger partial charge is 0.463 e. The lowest BCUT2D eigenvalue weighted by Crippen LogP contribution is -2.50. The first-order valence-electron chi connectivity index (χ1n) is 13.3. The normalized spacial score (nSPS) is 23.3. The second-order valence-corrected chi connectivity index (χ2v) is 11.7. The van der Waals surface area contributed by atoms with Gasteiger partial charge in [0.2, 0.25) is 5.60 Å². The summed E-state index contributed by atoms with van der Waals surface area (Å²) in [7, 11) is 0. The Morgan fingerprint density at radius 2 is 1.95 bits per heavy atom. The number of nitrogen functional groups attached to an aromatic ring is 1. The molecular formula is C27H38N6O8. The highest BCUT2D eigenvalue weighted by molar-refractivity contribution is 5.82. The van der Waals surface area contributed by atoms with Crippen molar-refractivity contribution >= 4 is 29.4 Å². The number of nitrogens with zero attached hydrogens (tertiary/aromatic N) is 4. The molecule has 0 aliphatic carbocycles. The minimum atomic E-state index is -2.10. The highest BCUT2D eigenvalue weighted by Crippen LogP contribution is 2.42. The molecule has 0 saturated carbocycles. The van der Waals surface area contributed by atoms with Crippen LogP contribution in [0.2, 0.25) is 0 Å². The van der Waals surface area contributed by atoms with E-state index in [1.807, 2.05) is 19.9 Å². The van der Waals surface area contributed by atoms with Gasteiger partial charge in [-0.3, -0.25) is 4.79 Å². The number of rotatable bonds is 9. The maximum absolute atomic E-state index is 13.4. The third kappa shape index (κ3) is 7.04. The van der Waals surface area contributed by atoms with Gasteiger partial charge in [0.1, 0.15) is 48.4 Å². The van der Waals surface area contributed by atoms with Gasteiger partial charge in [0.05, 0.1) is 5.69 Å². The highest BCUT2D eigenvalue weighted by Gasteiger charge is 2.60. The standard InChI is InChI=1S/C27H38N6O8/c1-14(2)10-19(34)38-11-17-21(39-24(36)20(15(3)4)32-25(37)41-26(5,6)7)22(35)27(12-28,40-17)18-9-8-16-23(29)30-13-31-33(16)18/h8-9,13-15,17,20-22,35H,10-11H2,1-7H3,(H,32,37)(H2,29,30,31)/t17-,20+,21-,22-,27+/m1/s1. The molecule has 3 rings (SSSR count). The minimum Gasteiger partial charge on any atom is -0.463 e. The Morgan fingerprint density at radius 1 is 1.27 bits per heavy atom. The number of esters is 2. The lowest BCUT2D eigenvalue weighted by atomic mass is 9.92. The van der Waals surface area contributed by atoms with Gasteiger partial charge < -0.3 is 35.1 Å². The highest BCUT2D eigenvalue weighted by atomic mass is 16.6. The summed E-state index contributed by atoms with van der Waals surface area (Å²) < 4.78 is 23.7. The molecule has 0 unspecified atom stereocenters. The fourth-order valence-corrected chi connectivity index (χ4v) is 4.38. The van der Waals surface area contributed by atoms with Crippen molar-refractivity contribution in [1.29, 1.82) is 5.26 Å². The lowest BCUT2D eigenvalue weighted by molar-refractivity contribution is -0.163. The van der Waals surface area contributed by atoms with Gasteiger partial charge in [0.15, 0.2) is 11.9 Å². The topological polar surface area (TPSA) is 200 Å². The molecule has 4 N–H and O–H groups in total. The Hall–Kier alpha value is -3.96. The molecule has 1 amide bonds. The van der Waals surface area contributed by atoms with Crippen LogP contribution in [-0.2, 0) is 34.1 Å². The maximum atomic E-state index is 13.4. The van der Waals surface area contributed by atoms with Crippen molar-refractivity contribution in [2.45, 2.75) is 90.4 Å². The molecule has 1 aliphatic rings. The van der Waals surface area contributed by atoms with Gasteiger partial charge in [0.25, 0.3) is 0 Å². The van der Waals surface area contributed by atoms with E-state index in [2.05, 4.69) is 15.4 Å². The van der Waals surface area contributed by atoms with Gasteiger partial charge in [-0.1, -0.05) is 27.7 Å². The van der Waals surface area contributed by atoms with Gasteiger partial charge in [-0.2, -0.15) is 10.4 Å². The van der Waals surface area contributed by atoms with Crippen molar-refractivity contribution in [3.8, 4) is 6.07 Å². The summed E-state index contributed by atoms with van der Waals surface area (Å²) in [5.74, 6) is -1.73. The number of carbonyl (C=O) groups is 3. The first-order chi connectivity index (χ1) is 19.1. The SMILES string of the molecule is CC(C)CC(=O)OC[C@H]1O[C@@](C#N)(c2ccc3c(N)ncnn23)[C@H](O)[C@@H]1OC(=O)[C@@H](NC(=O)OC(C)(C)C)C(C)C. The van der Waals surface area contributed by atoms with Crippen LogP contribution in [0.3, 0.4) is 0 Å². The number of hydrogen-bond donors (Lipinski definition) is 3. The predicted octanol–water partition coefficient (Wildman–Crippen LogP) is 1.84. The number of aliphatic hydroxyl groups excluding tert-OH is 1. The Morgan fingerprint density at radius 3 is 2.54 bits per heavy atom. The first kappa shape index (κ1) is 31.6. The van der Waals surface area contributed by atoms with Crippen LogP contribution in [0.25, 0.3) is 5.52 Å². The molecule has 1 saturated heterocycles. The molecule has 224 valence electrons. The number of anilines is 1. The zero-order valence-corrected chi connectivity index (χ0v) is 24.3. The summed E-state index contributed by atoms with van der Waals surface area (Å²) in [6, 6.07) is 3.86. The van der Waals surface area contributed by atoms with Gasteiger partial charge in [0, 0.05) is 6.42 Å². The van der Waals surface area contributed by atoms with E-state index in [4.69, 9.17) is 24.7 Å². The van der Waals surface area contributed by atoms with Crippen molar-refractivity contribution in [2.75, 3.05) is 12.3 Å². The van der Waals surface area contributed by atoms with Crippen LogP contribution in [0, 0.1) is 23.2 Å². The Labute approximate surface area is 238 Å². The zero-order chi connectivity index (χ0) is 30.7. The Balaban J connectivity index is 1.95. The molecule has 14 heteroatoms. The molecule has 14 nitrogen and oxygen atoms in total. The van der Waals surface area contributed by atoms with Gasteiger partial charge in [-0.25, -0.2) is 19.1 Å². The number of aliphatic hydroxyl groups is 1. The minimum absolute atomic E-state index is 0.0207. The molecule has 0 radical (unpaired) electrons. The first-order valence-corrected chi connectivity index (χ1v) is 13.3. The monoisotopic (exact) mass is 574 g/mol. The van der Waals surface area contributed by atoms with Crippen molar-refractivity contribution in [1.82, 2.24) is 19.9 Å². The average molecular weight is 575 g/mol. The Bertz CT molecular complexity index is 1310. The van der Waals surface area contributed by atoms with Crippen LogP contribution in [-0.4, -0.2) is 74.3 Å². The summed E-state index contributed by atoms with van der Waals surface area (Å²) in [5, 5.41) is 28.5. The average Bonchev–Trinajstić information content (AvgIpc) is 3.40. The summed E-state index contributed by atoms with van der Waals surface area (Å²) in [6.07, 6.45) is -4.01. The summed E-state index contributed by atoms with van der Waals surface area (Å²) in [5.41, 5.74) is 3.48. The molecule has 0 bridgehead atoms. The lowest BCUT2D eigenvalue weighted by Gasteiger charge is -2.28. The number of nitrogens with one attached hydrogen (secondary N) is 1. The molecule has 3 heterocycles. The van der Waals surface area contributed by atoms with Gasteiger partial charge in [-0.05, 0) is 44.7 Å². The Kier molecular flexibility index (Phi) is 9.45. The van der Waals surface area contributed by atoms with Crippen molar-refractivity contribution < 1.29 is 38.4 Å². The number of nitrogens with two attached hydrogens (primary N) is 1. The predicted molar refractivity (Wildman–Crippen MR) is 144 cm³/mol. The van der Waals surface area contributed by atoms with Gasteiger partial charge >= 0.3 is 18.0 Å². The third-order valence-electron chi connectivity index (χ3n) is 6.29. The number of aromatic nitrogens is 3. The summed E-state index contributed by atoms with van der Waals surface area (Å²) >= 11 is 0. The second-order valence-electron chi connectivity index (χ2n) is 11.7. The van der Waals surface area contributed by atoms with Crippen LogP contribution < -0.4 is 11.1 Å². The molecular weight excluding hydrogens is 536 g/mol. The van der Waals surface area contributed by atoms with Crippen molar-refractivity contribution in [3.63, 3.8) is 0 Å². The maximum Gasteiger partial charge on any atom is 0.408 e. The molecule has 5 atom stereocenters. The summed E-state index contributed by atoms with van der Waals surface area (Å²) in [4.78, 5) is 42.0. The molecule has 1 fully saturated rings. The van der Waals surface area contributed by atoms with Crippen LogP contribution in [0.4, 0.5) is 10.6 Å². The second kappa shape index (κ2) is 12.3. The van der Waals surface area contributed by atoms with E-state index < -0.39 is 66.1 Å². The van der Waals surface area contributed by atoms with Crippen LogP contribution in [0.15, 0.2) is 18.5 Å². The number of amides is 1. The number of fused-ring (bicyclic) bond motifs is 1. The van der Waals surface area contributed by atoms with E-state index in [1.54, 1.807) is 40.7 Å². The van der Waals surface area contributed by atoms with Crippen LogP contribution >= 0.6 is 0 Å². The van der Waals surface area contributed by atoms with Crippen molar-refractivity contribution in [3.05, 3.63) is 24.2 Å². The number of nitriles is 1. The molecule has 2 aromatic rings. The van der Waals surface area contributed by atoms with E-state index in [1.165, 1.54) is 16.9 Å². The van der Waals surface area contributed by atoms with E-state index in [9.17, 15) is 24.8 Å². The van der Waals surface area contributed by atoms with Crippen LogP contribution in [0.1, 0.15) is 60.6 Å². The van der Waals surface area contributed by atoms with E-state index >= 15 is 0 Å². The van der Waals surface area contributed by atoms with E-state index in [-0.39, 0.29) is 23.9 Å². The number of ether oxygens (including phenoxy) is 4. The number of alkyl carbamates (subject to hydrolysis) is 1. The zero-order valence-electron chi connectivity index (χ0n) is 24.3. The van der Waals surface area contributed by atoms with E-state index in [0.29, 0.717) is 5.52 Å². The third-order valence-corrected chi connectivity index (χ3v) is 6.29. The fourth-order valence-electron chi connectivity index (χ4n) is 4.38. The molecule has 0 spiro atoms.